The molecule has 2 atom stereocenters. The Balaban J connectivity index is 2.17. The summed E-state index contributed by atoms with van der Waals surface area (Å²) in [6, 6.07) is 16.2. The van der Waals surface area contributed by atoms with E-state index in [1.807, 2.05) is 30.3 Å². The van der Waals surface area contributed by atoms with E-state index in [0.29, 0.717) is 12.2 Å². The first kappa shape index (κ1) is 18.6. The van der Waals surface area contributed by atoms with Crippen LogP contribution in [0.5, 0.6) is 0 Å². The van der Waals surface area contributed by atoms with Gasteiger partial charge in [-0.15, -0.1) is 0 Å². The Labute approximate surface area is 147 Å². The Hall–Kier alpha value is -2.72. The molecule has 2 aromatic rings. The van der Waals surface area contributed by atoms with Gasteiger partial charge in [0.25, 0.3) is 0 Å². The highest BCUT2D eigenvalue weighted by molar-refractivity contribution is 6.01. The smallest absolute Gasteiger partial charge is 0.330 e. The molecule has 25 heavy (non-hydrogen) atoms. The lowest BCUT2D eigenvalue weighted by Gasteiger charge is -2.19. The molecule has 0 heterocycles. The van der Waals surface area contributed by atoms with Gasteiger partial charge in [-0.1, -0.05) is 54.6 Å². The first-order valence-electron chi connectivity index (χ1n) is 8.25. The molecule has 2 rings (SSSR count). The molecule has 2 unspecified atom stereocenters. The molecule has 130 valence electrons. The van der Waals surface area contributed by atoms with Gasteiger partial charge in [0.15, 0.2) is 5.78 Å². The Morgan fingerprint density at radius 2 is 1.72 bits per heavy atom. The molecule has 0 saturated heterocycles. The number of carbonyl (C=O) groups is 2. The third-order valence-corrected chi connectivity index (χ3v) is 3.82. The SMILES string of the molecule is CCOC(=O)C=Cc1ccc(C(=O)C(c2ccccc2)C(C)O)cc1. The zero-order valence-corrected chi connectivity index (χ0v) is 14.4. The molecule has 0 aliphatic rings. The van der Waals surface area contributed by atoms with Gasteiger partial charge in [0, 0.05) is 11.6 Å². The number of benzene rings is 2. The molecule has 1 N–H and O–H groups in total. The van der Waals surface area contributed by atoms with Crippen molar-refractivity contribution in [3.05, 3.63) is 77.4 Å². The molecular formula is C21H22O4. The summed E-state index contributed by atoms with van der Waals surface area (Å²) in [5.74, 6) is -1.15. The van der Waals surface area contributed by atoms with E-state index in [0.717, 1.165) is 11.1 Å². The quantitative estimate of drug-likeness (QED) is 0.476. The molecule has 4 heteroatoms. The molecule has 0 aliphatic heterocycles. The summed E-state index contributed by atoms with van der Waals surface area (Å²) in [5.41, 5.74) is 2.09. The van der Waals surface area contributed by atoms with E-state index in [1.165, 1.54) is 6.08 Å². The normalized spacial score (nSPS) is 13.4. The first-order chi connectivity index (χ1) is 12.0. The fraction of sp³-hybridized carbons (Fsp3) is 0.238. The number of hydrogen-bond acceptors (Lipinski definition) is 4. The highest BCUT2D eigenvalue weighted by Crippen LogP contribution is 2.25. The van der Waals surface area contributed by atoms with Crippen molar-refractivity contribution in [1.29, 1.82) is 0 Å². The van der Waals surface area contributed by atoms with Crippen LogP contribution >= 0.6 is 0 Å². The summed E-state index contributed by atoms with van der Waals surface area (Å²) in [5, 5.41) is 10.1. The molecule has 0 saturated carbocycles. The lowest BCUT2D eigenvalue weighted by Crippen LogP contribution is -2.24. The summed E-state index contributed by atoms with van der Waals surface area (Å²) in [6.07, 6.45) is 2.19. The molecule has 0 aliphatic carbocycles. The number of esters is 1. The van der Waals surface area contributed by atoms with Crippen LogP contribution in [0.2, 0.25) is 0 Å². The van der Waals surface area contributed by atoms with Crippen molar-refractivity contribution in [1.82, 2.24) is 0 Å². The standard InChI is InChI=1S/C21H22O4/c1-3-25-19(23)14-11-16-9-12-18(13-10-16)21(24)20(15(2)22)17-7-5-4-6-8-17/h4-15,20,22H,3H2,1-2H3. The van der Waals surface area contributed by atoms with E-state index in [9.17, 15) is 14.7 Å². The van der Waals surface area contributed by atoms with Crippen molar-refractivity contribution in [3.63, 3.8) is 0 Å². The van der Waals surface area contributed by atoms with Crippen LogP contribution in [0.25, 0.3) is 6.08 Å². The van der Waals surface area contributed by atoms with Crippen LogP contribution in [0.15, 0.2) is 60.7 Å². The number of ketones is 1. The summed E-state index contributed by atoms with van der Waals surface area (Å²) in [6.45, 7) is 3.69. The molecule has 4 nitrogen and oxygen atoms in total. The van der Waals surface area contributed by atoms with Crippen LogP contribution in [0, 0.1) is 0 Å². The lowest BCUT2D eigenvalue weighted by atomic mass is 9.86. The molecule has 0 aromatic heterocycles. The molecule has 0 fully saturated rings. The third-order valence-electron chi connectivity index (χ3n) is 3.82. The van der Waals surface area contributed by atoms with Gasteiger partial charge in [0.2, 0.25) is 0 Å². The van der Waals surface area contributed by atoms with Gasteiger partial charge >= 0.3 is 5.97 Å². The summed E-state index contributed by atoms with van der Waals surface area (Å²) >= 11 is 0. The van der Waals surface area contributed by atoms with Crippen LogP contribution in [0.4, 0.5) is 0 Å². The molecule has 2 aromatic carbocycles. The van der Waals surface area contributed by atoms with Crippen LogP contribution in [0.1, 0.15) is 41.3 Å². The number of aliphatic hydroxyl groups is 1. The third kappa shape index (κ3) is 5.13. The monoisotopic (exact) mass is 338 g/mol. The summed E-state index contributed by atoms with van der Waals surface area (Å²) < 4.78 is 4.82. The zero-order valence-electron chi connectivity index (χ0n) is 14.4. The van der Waals surface area contributed by atoms with Gasteiger partial charge in [-0.3, -0.25) is 4.79 Å². The molecular weight excluding hydrogens is 316 g/mol. The van der Waals surface area contributed by atoms with E-state index in [1.54, 1.807) is 44.2 Å². The number of hydrogen-bond donors (Lipinski definition) is 1. The number of aliphatic hydroxyl groups excluding tert-OH is 1. The second-order valence-corrected chi connectivity index (χ2v) is 5.70. The van der Waals surface area contributed by atoms with Crippen LogP contribution in [-0.2, 0) is 9.53 Å². The zero-order chi connectivity index (χ0) is 18.2. The fourth-order valence-electron chi connectivity index (χ4n) is 2.60. The van der Waals surface area contributed by atoms with Gasteiger partial charge in [-0.05, 0) is 31.1 Å². The molecule has 0 amide bonds. The molecule has 0 spiro atoms. The van der Waals surface area contributed by atoms with E-state index >= 15 is 0 Å². The average molecular weight is 338 g/mol. The minimum Gasteiger partial charge on any atom is -0.463 e. The van der Waals surface area contributed by atoms with Crippen molar-refractivity contribution < 1.29 is 19.4 Å². The number of ether oxygens (including phenoxy) is 1. The van der Waals surface area contributed by atoms with E-state index < -0.39 is 18.0 Å². The van der Waals surface area contributed by atoms with Crippen molar-refractivity contribution >= 4 is 17.8 Å². The highest BCUT2D eigenvalue weighted by Gasteiger charge is 2.26. The largest absolute Gasteiger partial charge is 0.463 e. The minimum atomic E-state index is -0.793. The molecule has 0 bridgehead atoms. The number of Topliss-reactive ketones (excluding diaryl/α,β-unsaturated/α-hetero) is 1. The Morgan fingerprint density at radius 1 is 1.08 bits per heavy atom. The van der Waals surface area contributed by atoms with Crippen molar-refractivity contribution in [2.24, 2.45) is 0 Å². The Morgan fingerprint density at radius 3 is 2.28 bits per heavy atom. The summed E-state index contributed by atoms with van der Waals surface area (Å²) in [4.78, 5) is 24.1. The lowest BCUT2D eigenvalue weighted by molar-refractivity contribution is -0.137. The van der Waals surface area contributed by atoms with Crippen LogP contribution in [0.3, 0.4) is 0 Å². The van der Waals surface area contributed by atoms with Gasteiger partial charge in [0.05, 0.1) is 18.6 Å². The van der Waals surface area contributed by atoms with Crippen LogP contribution in [-0.4, -0.2) is 29.6 Å². The topological polar surface area (TPSA) is 63.6 Å². The predicted octanol–water partition coefficient (Wildman–Crippen LogP) is 3.61. The Kier molecular flexibility index (Phi) is 6.66. The van der Waals surface area contributed by atoms with Crippen LogP contribution < -0.4 is 0 Å². The van der Waals surface area contributed by atoms with E-state index in [-0.39, 0.29) is 5.78 Å². The maximum Gasteiger partial charge on any atom is 0.330 e. The van der Waals surface area contributed by atoms with Crippen molar-refractivity contribution in [2.75, 3.05) is 6.61 Å². The fourth-order valence-corrected chi connectivity index (χ4v) is 2.60. The number of carbonyl (C=O) groups excluding carboxylic acids is 2. The van der Waals surface area contributed by atoms with Crippen molar-refractivity contribution in [3.8, 4) is 0 Å². The van der Waals surface area contributed by atoms with Gasteiger partial charge in [0.1, 0.15) is 0 Å². The van der Waals surface area contributed by atoms with E-state index in [2.05, 4.69) is 0 Å². The van der Waals surface area contributed by atoms with Gasteiger partial charge < -0.3 is 9.84 Å². The van der Waals surface area contributed by atoms with Gasteiger partial charge in [-0.2, -0.15) is 0 Å². The minimum absolute atomic E-state index is 0.137. The second kappa shape index (κ2) is 8.94. The average Bonchev–Trinajstić information content (AvgIpc) is 2.61. The van der Waals surface area contributed by atoms with Gasteiger partial charge in [-0.25, -0.2) is 4.79 Å². The second-order valence-electron chi connectivity index (χ2n) is 5.70. The first-order valence-corrected chi connectivity index (χ1v) is 8.25. The summed E-state index contributed by atoms with van der Waals surface area (Å²) in [7, 11) is 0. The highest BCUT2D eigenvalue weighted by atomic mass is 16.5. The Bertz CT molecular complexity index is 730. The van der Waals surface area contributed by atoms with Crippen molar-refractivity contribution in [2.45, 2.75) is 25.9 Å². The van der Waals surface area contributed by atoms with E-state index in [4.69, 9.17) is 4.74 Å². The maximum atomic E-state index is 12.8. The molecule has 0 radical (unpaired) electrons. The maximum absolute atomic E-state index is 12.8. The predicted molar refractivity (Wildman–Crippen MR) is 97.3 cm³/mol. The number of rotatable bonds is 7.